The first kappa shape index (κ1) is 14.6. The molecule has 0 bridgehead atoms. The minimum Gasteiger partial charge on any atom is -0.331 e. The van der Waals surface area contributed by atoms with E-state index >= 15 is 0 Å². The molecule has 0 saturated heterocycles. The first-order valence-electron chi connectivity index (χ1n) is 8.04. The molecule has 1 amide bonds. The number of carbonyl (C=O) groups excluding carboxylic acids is 1. The van der Waals surface area contributed by atoms with Crippen LogP contribution in [0.2, 0.25) is 0 Å². The first-order valence-corrected chi connectivity index (χ1v) is 8.04. The molecule has 5 heteroatoms. The maximum Gasteiger partial charge on any atom is 0.228 e. The average molecular weight is 318 g/mol. The van der Waals surface area contributed by atoms with Gasteiger partial charge < -0.3 is 9.47 Å². The molecule has 0 saturated carbocycles. The molecule has 1 aliphatic rings. The lowest BCUT2D eigenvalue weighted by Crippen LogP contribution is -2.41. The largest absolute Gasteiger partial charge is 0.331 e. The quantitative estimate of drug-likeness (QED) is 0.746. The number of fused-ring (bicyclic) bond motifs is 1. The monoisotopic (exact) mass is 318 g/mol. The van der Waals surface area contributed by atoms with Crippen LogP contribution >= 0.6 is 0 Å². The van der Waals surface area contributed by atoms with E-state index in [-0.39, 0.29) is 11.9 Å². The van der Waals surface area contributed by atoms with Crippen LogP contribution in [0, 0.1) is 0 Å². The zero-order chi connectivity index (χ0) is 16.4. The summed E-state index contributed by atoms with van der Waals surface area (Å²) < 4.78 is 2.13. The molecule has 120 valence electrons. The van der Waals surface area contributed by atoms with Crippen molar-refractivity contribution in [2.24, 2.45) is 0 Å². The highest BCUT2D eigenvalue weighted by atomic mass is 16.2. The first-order chi connectivity index (χ1) is 11.8. The zero-order valence-corrected chi connectivity index (χ0v) is 13.2. The molecule has 4 rings (SSSR count). The second kappa shape index (κ2) is 6.28. The average Bonchev–Trinajstić information content (AvgIpc) is 3.10. The summed E-state index contributed by atoms with van der Waals surface area (Å²) in [6, 6.07) is 14.0. The number of imidazole rings is 1. The molecule has 24 heavy (non-hydrogen) atoms. The Morgan fingerprint density at radius 3 is 2.79 bits per heavy atom. The summed E-state index contributed by atoms with van der Waals surface area (Å²) >= 11 is 0. The number of nitrogens with zero attached hydrogens (tertiary/aromatic N) is 4. The maximum absolute atomic E-state index is 12.9. The molecule has 1 unspecified atom stereocenters. The van der Waals surface area contributed by atoms with Gasteiger partial charge in [-0.25, -0.2) is 4.98 Å². The fraction of sp³-hybridized carbons (Fsp3) is 0.211. The third-order valence-corrected chi connectivity index (χ3v) is 4.44. The van der Waals surface area contributed by atoms with Crippen molar-refractivity contribution in [1.29, 1.82) is 0 Å². The number of amides is 1. The summed E-state index contributed by atoms with van der Waals surface area (Å²) in [5, 5.41) is 0. The summed E-state index contributed by atoms with van der Waals surface area (Å²) in [5.41, 5.74) is 2.08. The molecular formula is C19H18N4O. The topological polar surface area (TPSA) is 51.0 Å². The predicted molar refractivity (Wildman–Crippen MR) is 89.9 cm³/mol. The molecule has 3 heterocycles. The molecule has 1 aromatic carbocycles. The van der Waals surface area contributed by atoms with Crippen molar-refractivity contribution in [2.75, 3.05) is 0 Å². The van der Waals surface area contributed by atoms with Gasteiger partial charge in [0.15, 0.2) is 0 Å². The molecule has 3 aromatic rings. The zero-order valence-electron chi connectivity index (χ0n) is 13.2. The second-order valence-corrected chi connectivity index (χ2v) is 5.98. The van der Waals surface area contributed by atoms with E-state index in [1.54, 1.807) is 18.6 Å². The van der Waals surface area contributed by atoms with E-state index in [0.717, 1.165) is 23.5 Å². The number of hydrogen-bond acceptors (Lipinski definition) is 3. The summed E-state index contributed by atoms with van der Waals surface area (Å²) in [7, 11) is 0. The van der Waals surface area contributed by atoms with Gasteiger partial charge in [0, 0.05) is 31.3 Å². The Kier molecular flexibility index (Phi) is 3.83. The van der Waals surface area contributed by atoms with Crippen LogP contribution in [-0.4, -0.2) is 25.3 Å². The van der Waals surface area contributed by atoms with E-state index < -0.39 is 0 Å². The van der Waals surface area contributed by atoms with Gasteiger partial charge in [-0.1, -0.05) is 36.4 Å². The lowest BCUT2D eigenvalue weighted by molar-refractivity contribution is -0.135. The number of pyridine rings is 1. The third-order valence-electron chi connectivity index (χ3n) is 4.44. The summed E-state index contributed by atoms with van der Waals surface area (Å²) in [4.78, 5) is 23.4. The lowest BCUT2D eigenvalue weighted by atomic mass is 10.0. The standard InChI is InChI=1S/C19H18N4O/c24-19(11-15-5-4-8-20-12-15)23-14-18-21-9-10-22(18)13-17(23)16-6-2-1-3-7-16/h1-10,12,17H,11,13-14H2. The van der Waals surface area contributed by atoms with Gasteiger partial charge in [0.2, 0.25) is 5.91 Å². The highest BCUT2D eigenvalue weighted by Crippen LogP contribution is 2.29. The fourth-order valence-electron chi connectivity index (χ4n) is 3.21. The van der Waals surface area contributed by atoms with E-state index in [1.165, 1.54) is 0 Å². The van der Waals surface area contributed by atoms with Crippen molar-refractivity contribution in [3.8, 4) is 0 Å². The van der Waals surface area contributed by atoms with Crippen molar-refractivity contribution in [2.45, 2.75) is 25.6 Å². The van der Waals surface area contributed by atoms with Crippen molar-refractivity contribution < 1.29 is 4.79 Å². The van der Waals surface area contributed by atoms with Crippen LogP contribution in [0.4, 0.5) is 0 Å². The minimum atomic E-state index is 0.0251. The SMILES string of the molecule is O=C(Cc1cccnc1)N1Cc2nccn2CC1c1ccccc1. The molecule has 0 spiro atoms. The Labute approximate surface area is 140 Å². The van der Waals surface area contributed by atoms with Crippen LogP contribution in [-0.2, 0) is 24.3 Å². The molecule has 0 radical (unpaired) electrons. The van der Waals surface area contributed by atoms with Gasteiger partial charge in [-0.3, -0.25) is 9.78 Å². The van der Waals surface area contributed by atoms with E-state index in [4.69, 9.17) is 0 Å². The van der Waals surface area contributed by atoms with Gasteiger partial charge in [-0.05, 0) is 17.2 Å². The van der Waals surface area contributed by atoms with Gasteiger partial charge in [0.1, 0.15) is 5.82 Å². The van der Waals surface area contributed by atoms with E-state index in [9.17, 15) is 4.79 Å². The Morgan fingerprint density at radius 1 is 1.12 bits per heavy atom. The van der Waals surface area contributed by atoms with Crippen LogP contribution < -0.4 is 0 Å². The van der Waals surface area contributed by atoms with Crippen molar-refractivity contribution >= 4 is 5.91 Å². The summed E-state index contributed by atoms with van der Waals surface area (Å²) in [5.74, 6) is 1.04. The van der Waals surface area contributed by atoms with Crippen LogP contribution in [0.3, 0.4) is 0 Å². The van der Waals surface area contributed by atoms with E-state index in [2.05, 4.69) is 26.7 Å². The van der Waals surface area contributed by atoms with Gasteiger partial charge in [-0.2, -0.15) is 0 Å². The van der Waals surface area contributed by atoms with Gasteiger partial charge in [-0.15, -0.1) is 0 Å². The maximum atomic E-state index is 12.9. The lowest BCUT2D eigenvalue weighted by Gasteiger charge is -2.36. The fourth-order valence-corrected chi connectivity index (χ4v) is 3.21. The van der Waals surface area contributed by atoms with Gasteiger partial charge >= 0.3 is 0 Å². The van der Waals surface area contributed by atoms with Crippen LogP contribution in [0.5, 0.6) is 0 Å². The van der Waals surface area contributed by atoms with E-state index in [1.807, 2.05) is 41.4 Å². The number of benzene rings is 1. The number of hydrogen-bond donors (Lipinski definition) is 0. The molecule has 1 atom stereocenters. The second-order valence-electron chi connectivity index (χ2n) is 5.98. The van der Waals surface area contributed by atoms with Crippen molar-refractivity contribution in [3.05, 3.63) is 84.2 Å². The predicted octanol–water partition coefficient (Wildman–Crippen LogP) is 2.60. The number of aromatic nitrogens is 3. The van der Waals surface area contributed by atoms with Crippen molar-refractivity contribution in [3.63, 3.8) is 0 Å². The molecule has 2 aromatic heterocycles. The summed E-state index contributed by atoms with van der Waals surface area (Å²) in [6.07, 6.45) is 7.61. The Balaban J connectivity index is 1.64. The minimum absolute atomic E-state index is 0.0251. The molecule has 0 aliphatic carbocycles. The van der Waals surface area contributed by atoms with Crippen LogP contribution in [0.15, 0.2) is 67.3 Å². The highest BCUT2D eigenvalue weighted by Gasteiger charge is 2.31. The Bertz CT molecular complexity index is 829. The van der Waals surface area contributed by atoms with Crippen LogP contribution in [0.25, 0.3) is 0 Å². The van der Waals surface area contributed by atoms with Crippen LogP contribution in [0.1, 0.15) is 23.0 Å². The highest BCUT2D eigenvalue weighted by molar-refractivity contribution is 5.79. The Hall–Kier alpha value is -2.95. The number of rotatable bonds is 3. The third kappa shape index (κ3) is 2.80. The molecule has 0 fully saturated rings. The Morgan fingerprint density at radius 2 is 2.00 bits per heavy atom. The van der Waals surface area contributed by atoms with Gasteiger partial charge in [0.05, 0.1) is 19.0 Å². The molecule has 0 N–H and O–H groups in total. The van der Waals surface area contributed by atoms with Gasteiger partial charge in [0.25, 0.3) is 0 Å². The molecule has 5 nitrogen and oxygen atoms in total. The molecular weight excluding hydrogens is 300 g/mol. The van der Waals surface area contributed by atoms with E-state index in [0.29, 0.717) is 13.0 Å². The van der Waals surface area contributed by atoms with Crippen molar-refractivity contribution in [1.82, 2.24) is 19.4 Å². The summed E-state index contributed by atoms with van der Waals surface area (Å²) in [6.45, 7) is 1.27. The number of carbonyl (C=O) groups is 1. The normalized spacial score (nSPS) is 16.7. The molecule has 1 aliphatic heterocycles. The smallest absolute Gasteiger partial charge is 0.228 e.